The minimum absolute atomic E-state index is 0.0640. The van der Waals surface area contributed by atoms with Crippen molar-refractivity contribution in [2.45, 2.75) is 71.8 Å². The zero-order valence-corrected chi connectivity index (χ0v) is 20.0. The van der Waals surface area contributed by atoms with Gasteiger partial charge in [-0.15, -0.1) is 0 Å². The predicted octanol–water partition coefficient (Wildman–Crippen LogP) is 3.36. The summed E-state index contributed by atoms with van der Waals surface area (Å²) in [7, 11) is 0. The Hall–Kier alpha value is -1.81. The Morgan fingerprint density at radius 1 is 0.938 bits per heavy atom. The molecule has 4 N–H and O–H groups in total. The molecule has 0 aliphatic carbocycles. The number of hydrogen-bond donors (Lipinski definition) is 5. The zero-order valence-electron chi connectivity index (χ0n) is 19.1. The van der Waals surface area contributed by atoms with Crippen molar-refractivity contribution in [1.82, 2.24) is 4.72 Å². The number of benzene rings is 1. The summed E-state index contributed by atoms with van der Waals surface area (Å²) in [5.41, 5.74) is 2.06. The first-order valence-corrected chi connectivity index (χ1v) is 11.5. The molecular weight excluding hydrogens is 434 g/mol. The van der Waals surface area contributed by atoms with Gasteiger partial charge in [-0.05, 0) is 93.0 Å². The van der Waals surface area contributed by atoms with Crippen molar-refractivity contribution in [3.05, 3.63) is 28.8 Å². The summed E-state index contributed by atoms with van der Waals surface area (Å²) >= 11 is 3.63. The number of carbonyl (C=O) groups excluding carboxylic acids is 2. The van der Waals surface area contributed by atoms with E-state index in [4.69, 9.17) is 9.47 Å². The Morgan fingerprint density at radius 2 is 1.44 bits per heavy atom. The first-order chi connectivity index (χ1) is 15.3. The number of amides is 1. The van der Waals surface area contributed by atoms with Crippen LogP contribution in [0.25, 0.3) is 0 Å². The van der Waals surface area contributed by atoms with Gasteiger partial charge in [0, 0.05) is 26.2 Å². The number of aliphatic hydroxyl groups is 3. The highest BCUT2D eigenvalue weighted by Crippen LogP contribution is 2.40. The Bertz CT molecular complexity index is 682. The van der Waals surface area contributed by atoms with Crippen LogP contribution in [-0.4, -0.2) is 47.2 Å². The number of ether oxygens (including phenoxy) is 2. The number of rotatable bonds is 15. The summed E-state index contributed by atoms with van der Waals surface area (Å²) in [5.74, 6) is 0.139. The van der Waals surface area contributed by atoms with Crippen LogP contribution in [0.15, 0.2) is 12.1 Å². The molecule has 8 nitrogen and oxygen atoms in total. The van der Waals surface area contributed by atoms with Crippen LogP contribution in [0.4, 0.5) is 4.79 Å². The quantitative estimate of drug-likeness (QED) is 0.151. The van der Waals surface area contributed by atoms with Gasteiger partial charge in [0.25, 0.3) is 0 Å². The number of nitrogens with one attached hydrogen (secondary N) is 1. The number of thiol groups is 1. The van der Waals surface area contributed by atoms with Gasteiger partial charge in [-0.2, -0.15) is 0 Å². The van der Waals surface area contributed by atoms with Gasteiger partial charge >= 0.3 is 12.1 Å². The third-order valence-electron chi connectivity index (χ3n) is 5.65. The molecular formula is C23H37NO7S. The van der Waals surface area contributed by atoms with Crippen LogP contribution in [-0.2, 0) is 16.1 Å². The van der Waals surface area contributed by atoms with Crippen LogP contribution in [0.2, 0.25) is 0 Å². The summed E-state index contributed by atoms with van der Waals surface area (Å²) in [6, 6.07) is 3.60. The van der Waals surface area contributed by atoms with Gasteiger partial charge in [0.05, 0.1) is 0 Å². The zero-order chi connectivity index (χ0) is 24.0. The monoisotopic (exact) mass is 471 g/mol. The summed E-state index contributed by atoms with van der Waals surface area (Å²) < 4.78 is 12.7. The summed E-state index contributed by atoms with van der Waals surface area (Å²) in [4.78, 5) is 23.9. The van der Waals surface area contributed by atoms with Crippen molar-refractivity contribution < 1.29 is 34.4 Å². The van der Waals surface area contributed by atoms with Crippen LogP contribution in [0.5, 0.6) is 5.75 Å². The second-order valence-electron chi connectivity index (χ2n) is 8.20. The molecule has 1 rings (SSSR count). The van der Waals surface area contributed by atoms with Gasteiger partial charge in [-0.3, -0.25) is 9.52 Å². The van der Waals surface area contributed by atoms with Gasteiger partial charge in [-0.1, -0.05) is 12.8 Å². The molecule has 0 aliphatic rings. The molecule has 0 unspecified atom stereocenters. The van der Waals surface area contributed by atoms with Crippen LogP contribution < -0.4 is 9.46 Å². The topological polar surface area (TPSA) is 125 Å². The Morgan fingerprint density at radius 3 is 1.88 bits per heavy atom. The summed E-state index contributed by atoms with van der Waals surface area (Å²) in [6.07, 6.45) is 4.13. The minimum Gasteiger partial charge on any atom is -0.444 e. The van der Waals surface area contributed by atoms with Crippen molar-refractivity contribution in [3.8, 4) is 5.75 Å². The molecule has 0 bridgehead atoms. The number of esters is 1. The van der Waals surface area contributed by atoms with Crippen LogP contribution in [0.3, 0.4) is 0 Å². The van der Waals surface area contributed by atoms with Gasteiger partial charge in [-0.25, -0.2) is 4.79 Å². The molecule has 1 aromatic carbocycles. The molecule has 0 aromatic heterocycles. The molecule has 1 aromatic rings. The fraction of sp³-hybridized carbons (Fsp3) is 0.652. The lowest BCUT2D eigenvalue weighted by Gasteiger charge is -2.34. The molecule has 0 fully saturated rings. The van der Waals surface area contributed by atoms with E-state index in [9.17, 15) is 24.9 Å². The predicted molar refractivity (Wildman–Crippen MR) is 124 cm³/mol. The smallest absolute Gasteiger partial charge is 0.417 e. The lowest BCUT2D eigenvalue weighted by atomic mass is 9.72. The lowest BCUT2D eigenvalue weighted by Crippen LogP contribution is -2.25. The third kappa shape index (κ3) is 9.77. The molecule has 0 spiro atoms. The fourth-order valence-electron chi connectivity index (χ4n) is 4.11. The van der Waals surface area contributed by atoms with E-state index < -0.39 is 6.09 Å². The first kappa shape index (κ1) is 28.2. The number of aryl methyl sites for hydroxylation is 2. The highest BCUT2D eigenvalue weighted by atomic mass is 32.1. The van der Waals surface area contributed by atoms with Crippen LogP contribution >= 0.6 is 12.8 Å². The van der Waals surface area contributed by atoms with E-state index in [0.717, 1.165) is 36.0 Å². The minimum atomic E-state index is -0.647. The van der Waals surface area contributed by atoms with Gasteiger partial charge < -0.3 is 24.8 Å². The van der Waals surface area contributed by atoms with Crippen LogP contribution in [0, 0.1) is 19.3 Å². The molecule has 0 saturated heterocycles. The fourth-order valence-corrected chi connectivity index (χ4v) is 4.17. The van der Waals surface area contributed by atoms with Crippen molar-refractivity contribution >= 4 is 24.9 Å². The average Bonchev–Trinajstić information content (AvgIpc) is 2.78. The Labute approximate surface area is 195 Å². The molecule has 0 radical (unpaired) electrons. The van der Waals surface area contributed by atoms with E-state index >= 15 is 0 Å². The maximum Gasteiger partial charge on any atom is 0.417 e. The number of aliphatic hydroxyl groups excluding tert-OH is 3. The standard InChI is InChI=1S/C23H37NO7S/c1-17-14-19(16-30-22(29)24-32)15-18(2)21(17)31-20(28)6-10-23(7-3-11-25,8-4-12-26)9-5-13-27/h14-15,25-27,32H,3-13,16H2,1-2H3,(H,24,29). The van der Waals surface area contributed by atoms with Crippen molar-refractivity contribution in [3.63, 3.8) is 0 Å². The second kappa shape index (κ2) is 15.1. The van der Waals surface area contributed by atoms with E-state index in [-0.39, 0.29) is 44.2 Å². The molecule has 182 valence electrons. The van der Waals surface area contributed by atoms with Crippen molar-refractivity contribution in [1.29, 1.82) is 0 Å². The Balaban J connectivity index is 2.83. The maximum absolute atomic E-state index is 12.7. The van der Waals surface area contributed by atoms with E-state index in [1.165, 1.54) is 0 Å². The van der Waals surface area contributed by atoms with E-state index in [2.05, 4.69) is 17.5 Å². The molecule has 9 heteroatoms. The van der Waals surface area contributed by atoms with Gasteiger partial charge in [0.1, 0.15) is 12.4 Å². The molecule has 0 atom stereocenters. The summed E-state index contributed by atoms with van der Waals surface area (Å²) in [6.45, 7) is 3.92. The number of carbonyl (C=O) groups is 2. The highest BCUT2D eigenvalue weighted by molar-refractivity contribution is 7.78. The second-order valence-corrected chi connectivity index (χ2v) is 8.43. The molecule has 32 heavy (non-hydrogen) atoms. The van der Waals surface area contributed by atoms with E-state index in [1.54, 1.807) is 12.1 Å². The normalized spacial score (nSPS) is 11.3. The van der Waals surface area contributed by atoms with E-state index in [1.807, 2.05) is 13.8 Å². The van der Waals surface area contributed by atoms with Crippen LogP contribution in [0.1, 0.15) is 68.1 Å². The molecule has 1 amide bonds. The third-order valence-corrected chi connectivity index (χ3v) is 5.83. The number of hydrogen-bond acceptors (Lipinski definition) is 8. The molecule has 0 saturated carbocycles. The molecule has 0 aliphatic heterocycles. The maximum atomic E-state index is 12.7. The largest absolute Gasteiger partial charge is 0.444 e. The van der Waals surface area contributed by atoms with Crippen molar-refractivity contribution in [2.24, 2.45) is 5.41 Å². The first-order valence-electron chi connectivity index (χ1n) is 11.0. The Kier molecular flexibility index (Phi) is 13.3. The van der Waals surface area contributed by atoms with E-state index in [0.29, 0.717) is 31.4 Å². The SMILES string of the molecule is Cc1cc(COC(=O)NS)cc(C)c1OC(=O)CCC(CCCO)(CCCO)CCCO. The highest BCUT2D eigenvalue weighted by Gasteiger charge is 2.30. The summed E-state index contributed by atoms with van der Waals surface area (Å²) in [5, 5.41) is 27.9. The molecule has 0 heterocycles. The van der Waals surface area contributed by atoms with Gasteiger partial charge in [0.15, 0.2) is 0 Å². The average molecular weight is 472 g/mol. The van der Waals surface area contributed by atoms with Crippen molar-refractivity contribution in [2.75, 3.05) is 19.8 Å². The van der Waals surface area contributed by atoms with Gasteiger partial charge in [0.2, 0.25) is 0 Å². The lowest BCUT2D eigenvalue weighted by molar-refractivity contribution is -0.135.